The number of hydrogen-bond donors (Lipinski definition) is 2. The lowest BCUT2D eigenvalue weighted by atomic mass is 10.1. The number of rotatable bonds is 6. The van der Waals surface area contributed by atoms with E-state index in [2.05, 4.69) is 41.3 Å². The maximum atomic E-state index is 13.1. The molecule has 1 atom stereocenters. The summed E-state index contributed by atoms with van der Waals surface area (Å²) in [6, 6.07) is 12.2. The van der Waals surface area contributed by atoms with Crippen LogP contribution >= 0.6 is 15.9 Å². The largest absolute Gasteiger partial charge is 0.354 e. The molecule has 33 heavy (non-hydrogen) atoms. The van der Waals surface area contributed by atoms with Crippen molar-refractivity contribution in [1.29, 1.82) is 0 Å². The molecule has 0 spiro atoms. The van der Waals surface area contributed by atoms with Gasteiger partial charge in [-0.25, -0.2) is 4.98 Å². The first kappa shape index (κ1) is 23.2. The SMILES string of the molecule is O=C(CC1C(=O)NCCN1C(=O)CN1CCN(c2ccccn2)CC1)Nc1ccc(Br)cc1. The van der Waals surface area contributed by atoms with Crippen molar-refractivity contribution in [3.8, 4) is 0 Å². The number of halogens is 1. The molecule has 3 amide bonds. The minimum Gasteiger partial charge on any atom is -0.354 e. The van der Waals surface area contributed by atoms with Crippen molar-refractivity contribution in [2.45, 2.75) is 12.5 Å². The Morgan fingerprint density at radius 2 is 1.82 bits per heavy atom. The summed E-state index contributed by atoms with van der Waals surface area (Å²) >= 11 is 3.36. The summed E-state index contributed by atoms with van der Waals surface area (Å²) in [6.07, 6.45) is 1.70. The number of pyridine rings is 1. The van der Waals surface area contributed by atoms with Crippen molar-refractivity contribution in [2.24, 2.45) is 0 Å². The van der Waals surface area contributed by atoms with E-state index in [0.717, 1.165) is 36.5 Å². The van der Waals surface area contributed by atoms with Gasteiger partial charge < -0.3 is 20.4 Å². The van der Waals surface area contributed by atoms with Crippen molar-refractivity contribution in [2.75, 3.05) is 56.0 Å². The smallest absolute Gasteiger partial charge is 0.243 e. The molecule has 1 aromatic heterocycles. The molecule has 3 heterocycles. The number of aromatic nitrogens is 1. The van der Waals surface area contributed by atoms with Gasteiger partial charge in [-0.15, -0.1) is 0 Å². The first-order valence-corrected chi connectivity index (χ1v) is 11.8. The molecule has 9 nitrogen and oxygen atoms in total. The number of nitrogens with zero attached hydrogens (tertiary/aromatic N) is 4. The van der Waals surface area contributed by atoms with E-state index < -0.39 is 6.04 Å². The topological polar surface area (TPSA) is 97.9 Å². The van der Waals surface area contributed by atoms with Crippen LogP contribution in [0.5, 0.6) is 0 Å². The predicted molar refractivity (Wildman–Crippen MR) is 129 cm³/mol. The van der Waals surface area contributed by atoms with E-state index in [1.54, 1.807) is 23.2 Å². The molecule has 10 heteroatoms. The van der Waals surface area contributed by atoms with Gasteiger partial charge in [-0.05, 0) is 36.4 Å². The summed E-state index contributed by atoms with van der Waals surface area (Å²) in [6.45, 7) is 4.05. The molecule has 0 aliphatic carbocycles. The van der Waals surface area contributed by atoms with Crippen LogP contribution in [0.2, 0.25) is 0 Å². The molecule has 0 bridgehead atoms. The molecule has 1 unspecified atom stereocenters. The quantitative estimate of drug-likeness (QED) is 0.603. The summed E-state index contributed by atoms with van der Waals surface area (Å²) in [7, 11) is 0. The Kier molecular flexibility index (Phi) is 7.56. The lowest BCUT2D eigenvalue weighted by molar-refractivity contribution is -0.145. The number of amides is 3. The fraction of sp³-hybridized carbons (Fsp3) is 0.391. The minimum absolute atomic E-state index is 0.0823. The first-order chi connectivity index (χ1) is 16.0. The van der Waals surface area contributed by atoms with Gasteiger partial charge in [-0.1, -0.05) is 22.0 Å². The van der Waals surface area contributed by atoms with E-state index in [1.165, 1.54) is 0 Å². The molecule has 0 radical (unpaired) electrons. The highest BCUT2D eigenvalue weighted by Gasteiger charge is 2.35. The Balaban J connectivity index is 1.32. The zero-order chi connectivity index (χ0) is 23.2. The van der Waals surface area contributed by atoms with Crippen LogP contribution in [-0.4, -0.2) is 84.4 Å². The standard InChI is InChI=1S/C23H27BrN6O3/c24-17-4-6-18(7-5-17)27-21(31)15-19-23(33)26-9-10-30(19)22(32)16-28-11-13-29(14-12-28)20-3-1-2-8-25-20/h1-8,19H,9-16H2,(H,26,33)(H,27,31). The van der Waals surface area contributed by atoms with Crippen LogP contribution in [0.25, 0.3) is 0 Å². The third-order valence-corrected chi connectivity index (χ3v) is 6.39. The molecule has 174 valence electrons. The summed E-state index contributed by atoms with van der Waals surface area (Å²) in [5, 5.41) is 5.57. The van der Waals surface area contributed by atoms with E-state index in [-0.39, 0.29) is 30.7 Å². The van der Waals surface area contributed by atoms with Crippen LogP contribution in [0.15, 0.2) is 53.1 Å². The molecule has 2 saturated heterocycles. The Hall–Kier alpha value is -2.98. The molecule has 2 aromatic rings. The van der Waals surface area contributed by atoms with Crippen molar-refractivity contribution < 1.29 is 14.4 Å². The molecular formula is C23H27BrN6O3. The van der Waals surface area contributed by atoms with E-state index >= 15 is 0 Å². The van der Waals surface area contributed by atoms with Crippen LogP contribution in [0.3, 0.4) is 0 Å². The highest BCUT2D eigenvalue weighted by molar-refractivity contribution is 9.10. The number of benzene rings is 1. The maximum Gasteiger partial charge on any atom is 0.243 e. The molecule has 2 aliphatic heterocycles. The average Bonchev–Trinajstić information content (AvgIpc) is 2.83. The van der Waals surface area contributed by atoms with Crippen LogP contribution in [0.4, 0.5) is 11.5 Å². The molecule has 2 fully saturated rings. The third-order valence-electron chi connectivity index (χ3n) is 5.86. The summed E-state index contributed by atoms with van der Waals surface area (Å²) < 4.78 is 0.907. The summed E-state index contributed by atoms with van der Waals surface area (Å²) in [4.78, 5) is 48.4. The fourth-order valence-corrected chi connectivity index (χ4v) is 4.36. The van der Waals surface area contributed by atoms with Gasteiger partial charge in [0.15, 0.2) is 0 Å². The van der Waals surface area contributed by atoms with Gasteiger partial charge >= 0.3 is 0 Å². The van der Waals surface area contributed by atoms with Gasteiger partial charge in [0.2, 0.25) is 17.7 Å². The van der Waals surface area contributed by atoms with E-state index in [0.29, 0.717) is 18.8 Å². The number of carbonyl (C=O) groups is 3. The van der Waals surface area contributed by atoms with Gasteiger partial charge in [0.25, 0.3) is 0 Å². The lowest BCUT2D eigenvalue weighted by Crippen LogP contribution is -2.60. The van der Waals surface area contributed by atoms with Crippen molar-refractivity contribution >= 4 is 45.2 Å². The Morgan fingerprint density at radius 1 is 1.06 bits per heavy atom. The van der Waals surface area contributed by atoms with Gasteiger partial charge in [-0.3, -0.25) is 19.3 Å². The average molecular weight is 515 g/mol. The molecule has 2 N–H and O–H groups in total. The second-order valence-corrected chi connectivity index (χ2v) is 9.02. The number of piperazine rings is 2. The van der Waals surface area contributed by atoms with Crippen LogP contribution < -0.4 is 15.5 Å². The second kappa shape index (κ2) is 10.8. The van der Waals surface area contributed by atoms with Gasteiger partial charge in [-0.2, -0.15) is 0 Å². The molecule has 4 rings (SSSR count). The monoisotopic (exact) mass is 514 g/mol. The number of nitrogens with one attached hydrogen (secondary N) is 2. The number of carbonyl (C=O) groups excluding carboxylic acids is 3. The van der Waals surface area contributed by atoms with E-state index in [1.807, 2.05) is 30.3 Å². The van der Waals surface area contributed by atoms with Crippen LogP contribution in [0, 0.1) is 0 Å². The van der Waals surface area contributed by atoms with Crippen LogP contribution in [0.1, 0.15) is 6.42 Å². The van der Waals surface area contributed by atoms with Crippen LogP contribution in [-0.2, 0) is 14.4 Å². The molecule has 1 aromatic carbocycles. The zero-order valence-corrected chi connectivity index (χ0v) is 19.8. The minimum atomic E-state index is -0.809. The van der Waals surface area contributed by atoms with E-state index in [9.17, 15) is 14.4 Å². The summed E-state index contributed by atoms with van der Waals surface area (Å²) in [5.41, 5.74) is 0.642. The first-order valence-electron chi connectivity index (χ1n) is 11.0. The zero-order valence-electron chi connectivity index (χ0n) is 18.2. The van der Waals surface area contributed by atoms with Gasteiger partial charge in [0, 0.05) is 55.6 Å². The highest BCUT2D eigenvalue weighted by Crippen LogP contribution is 2.17. The van der Waals surface area contributed by atoms with Gasteiger partial charge in [0.1, 0.15) is 11.9 Å². The summed E-state index contributed by atoms with van der Waals surface area (Å²) in [5.74, 6) is 0.215. The molecule has 2 aliphatic rings. The maximum absolute atomic E-state index is 13.1. The highest BCUT2D eigenvalue weighted by atomic mass is 79.9. The molecular weight excluding hydrogens is 488 g/mol. The lowest BCUT2D eigenvalue weighted by Gasteiger charge is -2.38. The van der Waals surface area contributed by atoms with E-state index in [4.69, 9.17) is 0 Å². The predicted octanol–water partition coefficient (Wildman–Crippen LogP) is 1.32. The fourth-order valence-electron chi connectivity index (χ4n) is 4.09. The second-order valence-electron chi connectivity index (χ2n) is 8.10. The van der Waals surface area contributed by atoms with Crippen molar-refractivity contribution in [3.05, 3.63) is 53.1 Å². The Bertz CT molecular complexity index is 979. The molecule has 0 saturated carbocycles. The number of hydrogen-bond acceptors (Lipinski definition) is 6. The normalized spacial score (nSPS) is 19.2. The third kappa shape index (κ3) is 6.08. The Morgan fingerprint density at radius 3 is 2.52 bits per heavy atom. The van der Waals surface area contributed by atoms with Crippen molar-refractivity contribution in [3.63, 3.8) is 0 Å². The van der Waals surface area contributed by atoms with Crippen molar-refractivity contribution in [1.82, 2.24) is 20.1 Å². The number of anilines is 2. The van der Waals surface area contributed by atoms with Gasteiger partial charge in [0.05, 0.1) is 13.0 Å². The Labute approximate surface area is 201 Å².